The fourth-order valence-electron chi connectivity index (χ4n) is 3.73. The van der Waals surface area contributed by atoms with Gasteiger partial charge >= 0.3 is 5.76 Å². The van der Waals surface area contributed by atoms with Crippen LogP contribution in [0.4, 0.5) is 5.69 Å². The topological polar surface area (TPSA) is 102 Å². The molecule has 1 fully saturated rings. The number of nitrogens with one attached hydrogen (secondary N) is 1. The summed E-state index contributed by atoms with van der Waals surface area (Å²) in [7, 11) is -3.62. The summed E-state index contributed by atoms with van der Waals surface area (Å²) >= 11 is 0. The molecule has 1 amide bonds. The lowest BCUT2D eigenvalue weighted by Crippen LogP contribution is -2.27. The number of amides is 1. The first kappa shape index (κ1) is 21.3. The van der Waals surface area contributed by atoms with Gasteiger partial charge in [-0.2, -0.15) is 4.31 Å². The van der Waals surface area contributed by atoms with Crippen LogP contribution in [0.1, 0.15) is 38.2 Å². The lowest BCUT2D eigenvalue weighted by molar-refractivity contribution is -0.116. The Bertz CT molecular complexity index is 1270. The summed E-state index contributed by atoms with van der Waals surface area (Å²) in [5.74, 6) is -0.702. The van der Waals surface area contributed by atoms with Crippen molar-refractivity contribution in [1.82, 2.24) is 8.87 Å². The van der Waals surface area contributed by atoms with Gasteiger partial charge in [0, 0.05) is 24.8 Å². The first-order chi connectivity index (χ1) is 14.8. The number of carbonyl (C=O) groups is 1. The molecule has 0 aliphatic carbocycles. The predicted molar refractivity (Wildman–Crippen MR) is 118 cm³/mol. The molecular formula is C22H25N3O5S. The van der Waals surface area contributed by atoms with E-state index >= 15 is 0 Å². The SMILES string of the molecule is CC(C)c1ccc(NC(=O)Cn2c(=O)oc3cc(S(=O)(=O)N4CCCC4)ccc32)cc1. The summed E-state index contributed by atoms with van der Waals surface area (Å²) in [4.78, 5) is 24.9. The quantitative estimate of drug-likeness (QED) is 0.631. The molecule has 1 aliphatic heterocycles. The third-order valence-electron chi connectivity index (χ3n) is 5.51. The van der Waals surface area contributed by atoms with Crippen molar-refractivity contribution in [3.8, 4) is 0 Å². The van der Waals surface area contributed by atoms with Crippen molar-refractivity contribution >= 4 is 32.7 Å². The van der Waals surface area contributed by atoms with Gasteiger partial charge in [0.1, 0.15) is 6.54 Å². The van der Waals surface area contributed by atoms with E-state index in [2.05, 4.69) is 19.2 Å². The molecule has 8 nitrogen and oxygen atoms in total. The monoisotopic (exact) mass is 443 g/mol. The van der Waals surface area contributed by atoms with Gasteiger partial charge < -0.3 is 9.73 Å². The fourth-order valence-corrected chi connectivity index (χ4v) is 5.26. The minimum absolute atomic E-state index is 0.0810. The number of hydrogen-bond acceptors (Lipinski definition) is 5. The Labute approximate surface area is 180 Å². The molecule has 1 aromatic heterocycles. The van der Waals surface area contributed by atoms with Crippen molar-refractivity contribution in [3.05, 3.63) is 58.6 Å². The number of aromatic nitrogens is 1. The van der Waals surface area contributed by atoms with Crippen molar-refractivity contribution in [2.24, 2.45) is 0 Å². The molecule has 0 atom stereocenters. The van der Waals surface area contributed by atoms with Crippen LogP contribution in [0.2, 0.25) is 0 Å². The van der Waals surface area contributed by atoms with Crippen LogP contribution in [0, 0.1) is 0 Å². The lowest BCUT2D eigenvalue weighted by Gasteiger charge is -2.15. The van der Waals surface area contributed by atoms with E-state index in [-0.39, 0.29) is 22.9 Å². The second-order valence-corrected chi connectivity index (χ2v) is 9.96. The predicted octanol–water partition coefficient (Wildman–Crippen LogP) is 3.14. The third-order valence-corrected chi connectivity index (χ3v) is 7.40. The standard InChI is InChI=1S/C22H25N3O5S/c1-15(2)16-5-7-17(8-6-16)23-21(26)14-25-19-10-9-18(13-20(19)30-22(25)27)31(28,29)24-11-3-4-12-24/h5-10,13,15H,3-4,11-12,14H2,1-2H3,(H,23,26). The minimum atomic E-state index is -3.62. The number of sulfonamides is 1. The summed E-state index contributed by atoms with van der Waals surface area (Å²) in [6.07, 6.45) is 1.67. The summed E-state index contributed by atoms with van der Waals surface area (Å²) in [6.45, 7) is 4.92. The summed E-state index contributed by atoms with van der Waals surface area (Å²) < 4.78 is 33.4. The van der Waals surface area contributed by atoms with Gasteiger partial charge in [0.15, 0.2) is 5.58 Å². The van der Waals surface area contributed by atoms with Crippen molar-refractivity contribution in [2.75, 3.05) is 18.4 Å². The second kappa shape index (κ2) is 8.32. The summed E-state index contributed by atoms with van der Waals surface area (Å²) in [5, 5.41) is 2.77. The molecule has 0 bridgehead atoms. The highest BCUT2D eigenvalue weighted by molar-refractivity contribution is 7.89. The molecule has 1 N–H and O–H groups in total. The van der Waals surface area contributed by atoms with Gasteiger partial charge in [0.25, 0.3) is 0 Å². The van der Waals surface area contributed by atoms with Crippen LogP contribution in [-0.4, -0.2) is 36.3 Å². The highest BCUT2D eigenvalue weighted by atomic mass is 32.2. The lowest BCUT2D eigenvalue weighted by atomic mass is 10.0. The van der Waals surface area contributed by atoms with Crippen molar-refractivity contribution in [1.29, 1.82) is 0 Å². The number of carbonyl (C=O) groups excluding carboxylic acids is 1. The normalized spacial score (nSPS) is 15.1. The Morgan fingerprint density at radius 3 is 2.42 bits per heavy atom. The van der Waals surface area contributed by atoms with E-state index in [4.69, 9.17) is 4.42 Å². The zero-order valence-corrected chi connectivity index (χ0v) is 18.3. The molecule has 0 radical (unpaired) electrons. The first-order valence-electron chi connectivity index (χ1n) is 10.3. The van der Waals surface area contributed by atoms with Crippen molar-refractivity contribution in [2.45, 2.75) is 44.0 Å². The average Bonchev–Trinajstić information content (AvgIpc) is 3.37. The van der Waals surface area contributed by atoms with Crippen LogP contribution in [0.5, 0.6) is 0 Å². The van der Waals surface area contributed by atoms with Gasteiger partial charge in [-0.3, -0.25) is 9.36 Å². The van der Waals surface area contributed by atoms with Crippen molar-refractivity contribution in [3.63, 3.8) is 0 Å². The smallest absolute Gasteiger partial charge is 0.408 e. The minimum Gasteiger partial charge on any atom is -0.408 e. The molecule has 0 spiro atoms. The Morgan fingerprint density at radius 2 is 1.77 bits per heavy atom. The van der Waals surface area contributed by atoms with Crippen LogP contribution >= 0.6 is 0 Å². The van der Waals surface area contributed by atoms with Crippen LogP contribution in [0.15, 0.2) is 56.6 Å². The van der Waals surface area contributed by atoms with E-state index in [9.17, 15) is 18.0 Å². The number of hydrogen-bond donors (Lipinski definition) is 1. The maximum atomic E-state index is 12.8. The highest BCUT2D eigenvalue weighted by Crippen LogP contribution is 2.24. The molecule has 0 unspecified atom stereocenters. The van der Waals surface area contributed by atoms with Crippen LogP contribution in [0.25, 0.3) is 11.1 Å². The van der Waals surface area contributed by atoms with Crippen molar-refractivity contribution < 1.29 is 17.6 Å². The number of benzene rings is 2. The van der Waals surface area contributed by atoms with E-state index in [0.29, 0.717) is 30.2 Å². The third kappa shape index (κ3) is 4.28. The largest absolute Gasteiger partial charge is 0.420 e. The van der Waals surface area contributed by atoms with Crippen LogP contribution < -0.4 is 11.1 Å². The molecule has 0 saturated carbocycles. The highest BCUT2D eigenvalue weighted by Gasteiger charge is 2.28. The number of rotatable bonds is 6. The molecule has 2 heterocycles. The average molecular weight is 444 g/mol. The summed E-state index contributed by atoms with van der Waals surface area (Å²) in [6, 6.07) is 11.8. The van der Waals surface area contributed by atoms with Gasteiger partial charge in [0.05, 0.1) is 10.4 Å². The summed E-state index contributed by atoms with van der Waals surface area (Å²) in [5.41, 5.74) is 2.30. The molecule has 1 aliphatic rings. The fraction of sp³-hybridized carbons (Fsp3) is 0.364. The molecule has 3 aromatic rings. The number of fused-ring (bicyclic) bond motifs is 1. The Morgan fingerprint density at radius 1 is 1.10 bits per heavy atom. The second-order valence-electron chi connectivity index (χ2n) is 8.02. The van der Waals surface area contributed by atoms with Gasteiger partial charge in [0.2, 0.25) is 15.9 Å². The van der Waals surface area contributed by atoms with E-state index in [1.165, 1.54) is 27.1 Å². The molecule has 4 rings (SSSR count). The molecule has 164 valence electrons. The van der Waals surface area contributed by atoms with E-state index in [0.717, 1.165) is 18.4 Å². The molecule has 1 saturated heterocycles. The van der Waals surface area contributed by atoms with Gasteiger partial charge in [-0.1, -0.05) is 26.0 Å². The van der Waals surface area contributed by atoms with E-state index in [1.807, 2.05) is 24.3 Å². The zero-order valence-electron chi connectivity index (χ0n) is 17.5. The maximum absolute atomic E-state index is 12.8. The van der Waals surface area contributed by atoms with Gasteiger partial charge in [-0.05, 0) is 48.6 Å². The number of anilines is 1. The first-order valence-corrected chi connectivity index (χ1v) is 11.7. The van der Waals surface area contributed by atoms with Gasteiger partial charge in [-0.25, -0.2) is 13.2 Å². The van der Waals surface area contributed by atoms with E-state index < -0.39 is 15.8 Å². The van der Waals surface area contributed by atoms with Gasteiger partial charge in [-0.15, -0.1) is 0 Å². The Hall–Kier alpha value is -2.91. The Balaban J connectivity index is 1.55. The molecule has 2 aromatic carbocycles. The zero-order chi connectivity index (χ0) is 22.2. The molecule has 31 heavy (non-hydrogen) atoms. The number of nitrogens with zero attached hydrogens (tertiary/aromatic N) is 2. The molecule has 9 heteroatoms. The maximum Gasteiger partial charge on any atom is 0.420 e. The van der Waals surface area contributed by atoms with Crippen LogP contribution in [0.3, 0.4) is 0 Å². The van der Waals surface area contributed by atoms with E-state index in [1.54, 1.807) is 0 Å². The Kier molecular flexibility index (Phi) is 5.72. The number of oxazole rings is 1. The molecular weight excluding hydrogens is 418 g/mol. The van der Waals surface area contributed by atoms with Crippen LogP contribution in [-0.2, 0) is 21.4 Å².